The third-order valence-corrected chi connectivity index (χ3v) is 7.48. The summed E-state index contributed by atoms with van der Waals surface area (Å²) >= 11 is 0. The van der Waals surface area contributed by atoms with E-state index in [0.29, 0.717) is 11.4 Å². The van der Waals surface area contributed by atoms with E-state index in [1.165, 1.54) is 4.80 Å². The van der Waals surface area contributed by atoms with Crippen molar-refractivity contribution in [2.24, 2.45) is 0 Å². The van der Waals surface area contributed by atoms with Crippen molar-refractivity contribution in [1.82, 2.24) is 30.4 Å². The van der Waals surface area contributed by atoms with Crippen LogP contribution in [0.5, 0.6) is 5.75 Å². The zero-order valence-corrected chi connectivity index (χ0v) is 21.2. The molecule has 9 heteroatoms. The number of rotatable bonds is 8. The summed E-state index contributed by atoms with van der Waals surface area (Å²) in [5.41, 5.74) is 2.64. The maximum Gasteiger partial charge on any atom is 0.247 e. The number of phenolic OH excluding ortho intramolecular Hbond substituents is 1. The van der Waals surface area contributed by atoms with Crippen LogP contribution in [0.15, 0.2) is 48.5 Å². The molecule has 2 aromatic carbocycles. The van der Waals surface area contributed by atoms with Crippen LogP contribution in [0.3, 0.4) is 0 Å². The minimum Gasteiger partial charge on any atom is -0.508 e. The number of aryl methyl sites for hydroxylation is 1. The van der Waals surface area contributed by atoms with Gasteiger partial charge in [0.05, 0.1) is 0 Å². The lowest BCUT2D eigenvalue weighted by Gasteiger charge is -2.36. The number of carbonyl (C=O) groups is 2. The number of carbonyl (C=O) groups excluding carboxylic acids is 2. The second kappa shape index (κ2) is 11.1. The summed E-state index contributed by atoms with van der Waals surface area (Å²) in [4.78, 5) is 30.7. The maximum atomic E-state index is 13.9. The third kappa shape index (κ3) is 5.81. The number of benzene rings is 2. The summed E-state index contributed by atoms with van der Waals surface area (Å²) in [5.74, 6) is 0.173. The monoisotopic (exact) mass is 502 g/mol. The molecule has 2 fully saturated rings. The Morgan fingerprint density at radius 3 is 2.32 bits per heavy atom. The molecule has 5 rings (SSSR count). The summed E-state index contributed by atoms with van der Waals surface area (Å²) in [6, 6.07) is 13.7. The first-order valence-electron chi connectivity index (χ1n) is 13.2. The van der Waals surface area contributed by atoms with E-state index in [1.807, 2.05) is 31.2 Å². The van der Waals surface area contributed by atoms with Gasteiger partial charge in [-0.05, 0) is 55.5 Å². The number of hydrogen-bond donors (Lipinski definition) is 2. The lowest BCUT2D eigenvalue weighted by atomic mass is 10.00. The van der Waals surface area contributed by atoms with Gasteiger partial charge in [-0.25, -0.2) is 0 Å². The zero-order chi connectivity index (χ0) is 25.8. The molecule has 1 heterocycles. The van der Waals surface area contributed by atoms with Gasteiger partial charge in [0.1, 0.15) is 18.3 Å². The molecular weight excluding hydrogens is 468 g/mol. The van der Waals surface area contributed by atoms with E-state index in [-0.39, 0.29) is 36.2 Å². The highest BCUT2D eigenvalue weighted by atomic mass is 16.3. The number of nitrogens with one attached hydrogen (secondary N) is 1. The summed E-state index contributed by atoms with van der Waals surface area (Å²) in [6.45, 7) is 1.90. The quantitative estimate of drug-likeness (QED) is 0.483. The Morgan fingerprint density at radius 2 is 1.65 bits per heavy atom. The van der Waals surface area contributed by atoms with E-state index in [9.17, 15) is 14.7 Å². The first-order chi connectivity index (χ1) is 18.0. The Kier molecular flexibility index (Phi) is 7.48. The molecule has 0 spiro atoms. The number of tetrazole rings is 1. The Morgan fingerprint density at radius 1 is 1.00 bits per heavy atom. The van der Waals surface area contributed by atoms with Gasteiger partial charge in [-0.2, -0.15) is 4.80 Å². The second-order valence-corrected chi connectivity index (χ2v) is 10.2. The number of aromatic hydroxyl groups is 1. The van der Waals surface area contributed by atoms with Crippen LogP contribution < -0.4 is 5.32 Å². The van der Waals surface area contributed by atoms with Gasteiger partial charge in [0.25, 0.3) is 0 Å². The van der Waals surface area contributed by atoms with Crippen LogP contribution >= 0.6 is 0 Å². The Labute approximate surface area is 216 Å². The largest absolute Gasteiger partial charge is 0.508 e. The van der Waals surface area contributed by atoms with Crippen LogP contribution in [0.4, 0.5) is 0 Å². The lowest BCUT2D eigenvalue weighted by Crippen LogP contribution is -2.50. The average Bonchev–Trinajstić information content (AvgIpc) is 3.67. The van der Waals surface area contributed by atoms with Crippen molar-refractivity contribution >= 4 is 11.8 Å². The van der Waals surface area contributed by atoms with Crippen LogP contribution in [-0.2, 0) is 16.1 Å². The van der Waals surface area contributed by atoms with Crippen LogP contribution in [-0.4, -0.2) is 54.1 Å². The minimum atomic E-state index is -0.795. The Bertz CT molecular complexity index is 1210. The maximum absolute atomic E-state index is 13.9. The highest BCUT2D eigenvalue weighted by Crippen LogP contribution is 2.33. The average molecular weight is 503 g/mol. The first-order valence-corrected chi connectivity index (χ1v) is 13.2. The molecule has 194 valence electrons. The van der Waals surface area contributed by atoms with Gasteiger partial charge in [-0.15, -0.1) is 10.2 Å². The number of nitrogens with zero attached hydrogens (tertiary/aromatic N) is 5. The molecule has 0 saturated heterocycles. The van der Waals surface area contributed by atoms with E-state index in [2.05, 4.69) is 20.7 Å². The summed E-state index contributed by atoms with van der Waals surface area (Å²) in [5, 5.41) is 25.8. The molecule has 0 bridgehead atoms. The highest BCUT2D eigenvalue weighted by molar-refractivity contribution is 5.89. The van der Waals surface area contributed by atoms with Gasteiger partial charge < -0.3 is 15.3 Å². The van der Waals surface area contributed by atoms with Crippen molar-refractivity contribution in [3.8, 4) is 17.1 Å². The van der Waals surface area contributed by atoms with Crippen molar-refractivity contribution in [3.05, 3.63) is 59.7 Å². The summed E-state index contributed by atoms with van der Waals surface area (Å²) in [6.07, 6.45) is 7.82. The topological polar surface area (TPSA) is 113 Å². The van der Waals surface area contributed by atoms with Gasteiger partial charge in [0, 0.05) is 17.6 Å². The Hall–Kier alpha value is -3.75. The molecule has 0 unspecified atom stereocenters. The van der Waals surface area contributed by atoms with Crippen molar-refractivity contribution in [2.45, 2.75) is 83.0 Å². The van der Waals surface area contributed by atoms with Crippen molar-refractivity contribution in [3.63, 3.8) is 0 Å². The SMILES string of the molecule is Cc1ccc(-c2nnn(CC(=O)N(C3CCCC3)[C@H](C(=O)NC3CCCC3)c3ccc(O)cc3)n2)cc1. The molecule has 2 aliphatic rings. The molecule has 3 aromatic rings. The van der Waals surface area contributed by atoms with E-state index in [1.54, 1.807) is 29.2 Å². The highest BCUT2D eigenvalue weighted by Gasteiger charge is 2.38. The van der Waals surface area contributed by atoms with E-state index in [0.717, 1.165) is 62.5 Å². The zero-order valence-electron chi connectivity index (χ0n) is 21.2. The fourth-order valence-corrected chi connectivity index (χ4v) is 5.52. The fourth-order valence-electron chi connectivity index (χ4n) is 5.52. The molecule has 0 radical (unpaired) electrons. The molecule has 1 atom stereocenters. The molecule has 37 heavy (non-hydrogen) atoms. The molecule has 2 amide bonds. The van der Waals surface area contributed by atoms with Crippen LogP contribution in [0.25, 0.3) is 11.4 Å². The molecule has 2 saturated carbocycles. The predicted octanol–water partition coefficient (Wildman–Crippen LogP) is 3.93. The van der Waals surface area contributed by atoms with E-state index in [4.69, 9.17) is 0 Å². The molecule has 2 aliphatic carbocycles. The van der Waals surface area contributed by atoms with Crippen LogP contribution in [0.1, 0.15) is 68.5 Å². The summed E-state index contributed by atoms with van der Waals surface area (Å²) < 4.78 is 0. The van der Waals surface area contributed by atoms with Gasteiger partial charge >= 0.3 is 0 Å². The molecule has 9 nitrogen and oxygen atoms in total. The van der Waals surface area contributed by atoms with Gasteiger partial charge in [-0.3, -0.25) is 9.59 Å². The first kappa shape index (κ1) is 24.9. The molecule has 0 aliphatic heterocycles. The van der Waals surface area contributed by atoms with Gasteiger partial charge in [-0.1, -0.05) is 67.6 Å². The fraction of sp³-hybridized carbons (Fsp3) is 0.464. The number of amides is 2. The van der Waals surface area contributed by atoms with Gasteiger partial charge in [0.2, 0.25) is 17.6 Å². The van der Waals surface area contributed by atoms with E-state index >= 15 is 0 Å². The molecule has 1 aromatic heterocycles. The Balaban J connectivity index is 1.43. The normalized spacial score (nSPS) is 17.1. The number of aromatic nitrogens is 4. The predicted molar refractivity (Wildman–Crippen MR) is 138 cm³/mol. The minimum absolute atomic E-state index is 0.0549. The lowest BCUT2D eigenvalue weighted by molar-refractivity contribution is -0.144. The van der Waals surface area contributed by atoms with Crippen molar-refractivity contribution in [2.75, 3.05) is 0 Å². The van der Waals surface area contributed by atoms with E-state index < -0.39 is 6.04 Å². The number of hydrogen-bond acceptors (Lipinski definition) is 6. The third-order valence-electron chi connectivity index (χ3n) is 7.48. The van der Waals surface area contributed by atoms with Crippen LogP contribution in [0.2, 0.25) is 0 Å². The second-order valence-electron chi connectivity index (χ2n) is 10.2. The van der Waals surface area contributed by atoms with Crippen LogP contribution in [0, 0.1) is 6.92 Å². The number of phenols is 1. The standard InChI is InChI=1S/C28H34N6O3/c1-19-10-12-21(13-11-19)27-30-32-33(31-27)18-25(36)34(23-8-4-5-9-23)26(20-14-16-24(35)17-15-20)28(37)29-22-6-2-3-7-22/h10-17,22-23,26,35H,2-9,18H2,1H3,(H,29,37)/t26-/m0/s1. The van der Waals surface area contributed by atoms with Gasteiger partial charge in [0.15, 0.2) is 0 Å². The van der Waals surface area contributed by atoms with Crippen molar-refractivity contribution in [1.29, 1.82) is 0 Å². The van der Waals surface area contributed by atoms with Crippen molar-refractivity contribution < 1.29 is 14.7 Å². The summed E-state index contributed by atoms with van der Waals surface area (Å²) in [7, 11) is 0. The molecule has 2 N–H and O–H groups in total. The molecular formula is C28H34N6O3. The smallest absolute Gasteiger partial charge is 0.247 e.